The molecule has 0 radical (unpaired) electrons. The summed E-state index contributed by atoms with van der Waals surface area (Å²) in [7, 11) is 0. The quantitative estimate of drug-likeness (QED) is 0.718. The first-order chi connectivity index (χ1) is 12.2. The van der Waals surface area contributed by atoms with Crippen molar-refractivity contribution < 1.29 is 4.79 Å². The summed E-state index contributed by atoms with van der Waals surface area (Å²) in [6.45, 7) is 1.71. The summed E-state index contributed by atoms with van der Waals surface area (Å²) in [5.74, 6) is 0.107. The van der Waals surface area contributed by atoms with Crippen LogP contribution in [0.3, 0.4) is 0 Å². The molecule has 0 saturated carbocycles. The second-order valence-electron chi connectivity index (χ2n) is 6.23. The first kappa shape index (κ1) is 16.4. The molecule has 1 aliphatic heterocycles. The Kier molecular flexibility index (Phi) is 4.59. The largest absolute Gasteiger partial charge is 0.348 e. The van der Waals surface area contributed by atoms with Crippen LogP contribution in [-0.2, 0) is 4.79 Å². The van der Waals surface area contributed by atoms with Crippen LogP contribution >= 0.6 is 22.9 Å². The van der Waals surface area contributed by atoms with E-state index in [0.717, 1.165) is 42.3 Å². The molecule has 3 aromatic rings. The number of anilines is 2. The van der Waals surface area contributed by atoms with Gasteiger partial charge >= 0.3 is 0 Å². The SMILES string of the molecule is O=C(Nc1cccc(Cl)c1)C1CCN(c2nc3ccccc3s2)CC1. The van der Waals surface area contributed by atoms with Crippen molar-refractivity contribution in [1.82, 2.24) is 4.98 Å². The number of carbonyl (C=O) groups excluding carboxylic acids is 1. The van der Waals surface area contributed by atoms with Crippen molar-refractivity contribution in [2.45, 2.75) is 12.8 Å². The number of benzene rings is 2. The molecule has 1 fully saturated rings. The number of amides is 1. The Bertz CT molecular complexity index is 869. The van der Waals surface area contributed by atoms with E-state index in [1.54, 1.807) is 23.5 Å². The number of piperidine rings is 1. The summed E-state index contributed by atoms with van der Waals surface area (Å²) in [5, 5.41) is 4.65. The number of halogens is 1. The summed E-state index contributed by atoms with van der Waals surface area (Å²) in [5.41, 5.74) is 1.80. The summed E-state index contributed by atoms with van der Waals surface area (Å²) in [6.07, 6.45) is 1.67. The number of hydrogen-bond acceptors (Lipinski definition) is 4. The van der Waals surface area contributed by atoms with Crippen LogP contribution in [0.4, 0.5) is 10.8 Å². The Morgan fingerprint density at radius 3 is 2.72 bits per heavy atom. The lowest BCUT2D eigenvalue weighted by Crippen LogP contribution is -2.38. The van der Waals surface area contributed by atoms with E-state index < -0.39 is 0 Å². The third-order valence-corrected chi connectivity index (χ3v) is 5.84. The number of para-hydroxylation sites is 1. The highest BCUT2D eigenvalue weighted by Crippen LogP contribution is 2.31. The maximum Gasteiger partial charge on any atom is 0.227 e. The summed E-state index contributed by atoms with van der Waals surface area (Å²) in [4.78, 5) is 19.5. The van der Waals surface area contributed by atoms with Gasteiger partial charge in [0.2, 0.25) is 5.91 Å². The molecule has 2 heterocycles. The van der Waals surface area contributed by atoms with Gasteiger partial charge in [0.25, 0.3) is 0 Å². The second kappa shape index (κ2) is 7.02. The fourth-order valence-electron chi connectivity index (χ4n) is 3.14. The molecule has 25 heavy (non-hydrogen) atoms. The first-order valence-electron chi connectivity index (χ1n) is 8.36. The molecule has 0 atom stereocenters. The molecule has 0 spiro atoms. The number of nitrogens with zero attached hydrogens (tertiary/aromatic N) is 2. The molecule has 1 aromatic heterocycles. The van der Waals surface area contributed by atoms with Crippen molar-refractivity contribution in [3.63, 3.8) is 0 Å². The lowest BCUT2D eigenvalue weighted by atomic mass is 9.96. The van der Waals surface area contributed by atoms with Crippen molar-refractivity contribution in [3.05, 3.63) is 53.6 Å². The first-order valence-corrected chi connectivity index (χ1v) is 9.55. The van der Waals surface area contributed by atoms with Crippen LogP contribution in [-0.4, -0.2) is 24.0 Å². The normalized spacial score (nSPS) is 15.5. The zero-order valence-electron chi connectivity index (χ0n) is 13.6. The molecule has 1 N–H and O–H groups in total. The zero-order chi connectivity index (χ0) is 17.2. The maximum atomic E-state index is 12.5. The molecule has 0 aliphatic carbocycles. The lowest BCUT2D eigenvalue weighted by molar-refractivity contribution is -0.120. The Morgan fingerprint density at radius 1 is 1.16 bits per heavy atom. The standard InChI is InChI=1S/C19H18ClN3OS/c20-14-4-3-5-15(12-14)21-18(24)13-8-10-23(11-9-13)19-22-16-6-1-2-7-17(16)25-19/h1-7,12-13H,8-11H2,(H,21,24). The molecule has 2 aromatic carbocycles. The Labute approximate surface area is 155 Å². The number of carbonyl (C=O) groups is 1. The van der Waals surface area contributed by atoms with E-state index in [2.05, 4.69) is 16.3 Å². The van der Waals surface area contributed by atoms with Gasteiger partial charge in [-0.05, 0) is 43.2 Å². The van der Waals surface area contributed by atoms with E-state index in [1.807, 2.05) is 30.3 Å². The van der Waals surface area contributed by atoms with Crippen molar-refractivity contribution in [1.29, 1.82) is 0 Å². The highest BCUT2D eigenvalue weighted by molar-refractivity contribution is 7.22. The van der Waals surface area contributed by atoms with Crippen LogP contribution in [0.2, 0.25) is 5.02 Å². The predicted octanol–water partition coefficient (Wildman–Crippen LogP) is 4.80. The third kappa shape index (κ3) is 3.62. The van der Waals surface area contributed by atoms with Crippen LogP contribution in [0.25, 0.3) is 10.2 Å². The van der Waals surface area contributed by atoms with E-state index in [9.17, 15) is 4.79 Å². The number of nitrogens with one attached hydrogen (secondary N) is 1. The van der Waals surface area contributed by atoms with Crippen molar-refractivity contribution in [2.75, 3.05) is 23.3 Å². The minimum atomic E-state index is 0.0320. The molecule has 1 amide bonds. The lowest BCUT2D eigenvalue weighted by Gasteiger charge is -2.31. The molecule has 0 bridgehead atoms. The van der Waals surface area contributed by atoms with E-state index in [1.165, 1.54) is 4.70 Å². The third-order valence-electron chi connectivity index (χ3n) is 4.51. The van der Waals surface area contributed by atoms with Gasteiger partial charge in [-0.1, -0.05) is 41.1 Å². The molecule has 0 unspecified atom stereocenters. The van der Waals surface area contributed by atoms with Crippen LogP contribution < -0.4 is 10.2 Å². The number of aromatic nitrogens is 1. The average Bonchev–Trinajstić information content (AvgIpc) is 3.06. The van der Waals surface area contributed by atoms with E-state index >= 15 is 0 Å². The van der Waals surface area contributed by atoms with E-state index in [-0.39, 0.29) is 11.8 Å². The van der Waals surface area contributed by atoms with Crippen molar-refractivity contribution in [3.8, 4) is 0 Å². The van der Waals surface area contributed by atoms with Gasteiger partial charge in [0.15, 0.2) is 5.13 Å². The molecule has 1 saturated heterocycles. The number of hydrogen-bond donors (Lipinski definition) is 1. The highest BCUT2D eigenvalue weighted by atomic mass is 35.5. The van der Waals surface area contributed by atoms with E-state index in [4.69, 9.17) is 16.6 Å². The molecule has 4 rings (SSSR count). The molecule has 6 heteroatoms. The molecular weight excluding hydrogens is 354 g/mol. The second-order valence-corrected chi connectivity index (χ2v) is 7.67. The molecule has 4 nitrogen and oxygen atoms in total. The highest BCUT2D eigenvalue weighted by Gasteiger charge is 2.26. The van der Waals surface area contributed by atoms with Crippen LogP contribution in [0, 0.1) is 5.92 Å². The van der Waals surface area contributed by atoms with Gasteiger partial charge in [-0.15, -0.1) is 0 Å². The van der Waals surface area contributed by atoms with Gasteiger partial charge < -0.3 is 10.2 Å². The van der Waals surface area contributed by atoms with Crippen molar-refractivity contribution >= 4 is 49.9 Å². The minimum absolute atomic E-state index is 0.0320. The monoisotopic (exact) mass is 371 g/mol. The summed E-state index contributed by atoms with van der Waals surface area (Å²) in [6, 6.07) is 15.5. The van der Waals surface area contributed by atoms with Gasteiger partial charge in [0.05, 0.1) is 10.2 Å². The fourth-order valence-corrected chi connectivity index (χ4v) is 4.35. The Hall–Kier alpha value is -2.11. The minimum Gasteiger partial charge on any atom is -0.348 e. The average molecular weight is 372 g/mol. The molecule has 1 aliphatic rings. The summed E-state index contributed by atoms with van der Waals surface area (Å²) >= 11 is 7.69. The van der Waals surface area contributed by atoms with Gasteiger partial charge in [-0.25, -0.2) is 4.98 Å². The maximum absolute atomic E-state index is 12.5. The van der Waals surface area contributed by atoms with Crippen LogP contribution in [0.15, 0.2) is 48.5 Å². The van der Waals surface area contributed by atoms with Gasteiger partial charge in [-0.2, -0.15) is 0 Å². The van der Waals surface area contributed by atoms with Gasteiger partial charge in [0, 0.05) is 29.7 Å². The van der Waals surface area contributed by atoms with Gasteiger partial charge in [-0.3, -0.25) is 4.79 Å². The summed E-state index contributed by atoms with van der Waals surface area (Å²) < 4.78 is 1.21. The number of thiazole rings is 1. The van der Waals surface area contributed by atoms with E-state index in [0.29, 0.717) is 5.02 Å². The fraction of sp³-hybridized carbons (Fsp3) is 0.263. The van der Waals surface area contributed by atoms with Crippen LogP contribution in [0.1, 0.15) is 12.8 Å². The van der Waals surface area contributed by atoms with Crippen LogP contribution in [0.5, 0.6) is 0 Å². The number of fused-ring (bicyclic) bond motifs is 1. The Balaban J connectivity index is 1.38. The van der Waals surface area contributed by atoms with Gasteiger partial charge in [0.1, 0.15) is 0 Å². The smallest absolute Gasteiger partial charge is 0.227 e. The zero-order valence-corrected chi connectivity index (χ0v) is 15.2. The number of rotatable bonds is 3. The molecular formula is C19H18ClN3OS. The topological polar surface area (TPSA) is 45.2 Å². The molecule has 128 valence electrons. The van der Waals surface area contributed by atoms with Crippen molar-refractivity contribution in [2.24, 2.45) is 5.92 Å². The predicted molar refractivity (Wildman–Crippen MR) is 105 cm³/mol. The Morgan fingerprint density at radius 2 is 1.96 bits per heavy atom.